The van der Waals surface area contributed by atoms with Gasteiger partial charge in [0.05, 0.1) is 13.0 Å². The molecule has 0 bridgehead atoms. The molecule has 2 amide bonds. The van der Waals surface area contributed by atoms with Gasteiger partial charge in [-0.1, -0.05) is 23.7 Å². The lowest BCUT2D eigenvalue weighted by atomic mass is 10.1. The van der Waals surface area contributed by atoms with Crippen molar-refractivity contribution in [2.45, 2.75) is 11.8 Å². The molecule has 2 atom stereocenters. The molecule has 146 valence electrons. The second-order valence-electron chi connectivity index (χ2n) is 6.91. The van der Waals surface area contributed by atoms with Crippen molar-refractivity contribution in [1.82, 2.24) is 4.90 Å². The highest BCUT2D eigenvalue weighted by Crippen LogP contribution is 2.40. The summed E-state index contributed by atoms with van der Waals surface area (Å²) in [5.41, 5.74) is 1.86. The van der Waals surface area contributed by atoms with Gasteiger partial charge < -0.3 is 14.5 Å². The highest BCUT2D eigenvalue weighted by Gasteiger charge is 2.40. The molecule has 5 nitrogen and oxygen atoms in total. The predicted octanol–water partition coefficient (Wildman–Crippen LogP) is 3.98. The van der Waals surface area contributed by atoms with Gasteiger partial charge in [-0.2, -0.15) is 0 Å². The van der Waals surface area contributed by atoms with Crippen LogP contribution in [0.4, 0.5) is 5.69 Å². The summed E-state index contributed by atoms with van der Waals surface area (Å²) in [5, 5.41) is 0.609. The van der Waals surface area contributed by atoms with Gasteiger partial charge in [-0.05, 0) is 42.0 Å². The zero-order valence-electron chi connectivity index (χ0n) is 15.5. The maximum Gasteiger partial charge on any atom is 0.229 e. The Kier molecular flexibility index (Phi) is 5.51. The standard InChI is InChI=1S/C21H21ClN2O3S/c1-27-18-8-2-14(3-9-18)21-23(10-11-28-21)20(26)15-12-19(25)24(13-15)17-6-4-16(22)5-7-17/h2-9,15,21H,10-13H2,1H3. The molecule has 0 aliphatic carbocycles. The largest absolute Gasteiger partial charge is 0.497 e. The summed E-state index contributed by atoms with van der Waals surface area (Å²) >= 11 is 7.69. The number of benzene rings is 2. The Morgan fingerprint density at radius 2 is 1.86 bits per heavy atom. The fraction of sp³-hybridized carbons (Fsp3) is 0.333. The number of nitrogens with zero attached hydrogens (tertiary/aromatic N) is 2. The highest BCUT2D eigenvalue weighted by molar-refractivity contribution is 7.99. The van der Waals surface area contributed by atoms with Crippen molar-refractivity contribution < 1.29 is 14.3 Å². The van der Waals surface area contributed by atoms with E-state index in [0.29, 0.717) is 18.1 Å². The van der Waals surface area contributed by atoms with Crippen LogP contribution in [0.3, 0.4) is 0 Å². The molecule has 2 aliphatic rings. The van der Waals surface area contributed by atoms with Gasteiger partial charge in [0.2, 0.25) is 11.8 Å². The molecule has 2 saturated heterocycles. The summed E-state index contributed by atoms with van der Waals surface area (Å²) in [6.07, 6.45) is 0.248. The van der Waals surface area contributed by atoms with Crippen LogP contribution in [-0.2, 0) is 9.59 Å². The SMILES string of the molecule is COc1ccc(C2SCCN2C(=O)C2CC(=O)N(c3ccc(Cl)cc3)C2)cc1. The molecule has 0 radical (unpaired) electrons. The molecule has 4 rings (SSSR count). The molecule has 0 N–H and O–H groups in total. The van der Waals surface area contributed by atoms with Crippen molar-refractivity contribution >= 4 is 40.9 Å². The fourth-order valence-corrected chi connectivity index (χ4v) is 5.11. The molecule has 7 heteroatoms. The number of methoxy groups -OCH3 is 1. The van der Waals surface area contributed by atoms with Crippen molar-refractivity contribution in [3.63, 3.8) is 0 Å². The number of ether oxygens (including phenoxy) is 1. The van der Waals surface area contributed by atoms with Crippen molar-refractivity contribution in [3.05, 3.63) is 59.1 Å². The second kappa shape index (κ2) is 8.05. The number of anilines is 1. The number of carbonyl (C=O) groups is 2. The molecule has 2 heterocycles. The van der Waals surface area contributed by atoms with E-state index < -0.39 is 0 Å². The summed E-state index contributed by atoms with van der Waals surface area (Å²) in [6.45, 7) is 1.11. The van der Waals surface area contributed by atoms with E-state index in [4.69, 9.17) is 16.3 Å². The van der Waals surface area contributed by atoms with E-state index >= 15 is 0 Å². The number of carbonyl (C=O) groups excluding carboxylic acids is 2. The molecule has 2 aromatic rings. The Labute approximate surface area is 173 Å². The zero-order valence-corrected chi connectivity index (χ0v) is 17.1. The highest BCUT2D eigenvalue weighted by atomic mass is 35.5. The third-order valence-corrected chi connectivity index (χ3v) is 6.70. The molecule has 0 saturated carbocycles. The summed E-state index contributed by atoms with van der Waals surface area (Å²) in [4.78, 5) is 29.3. The summed E-state index contributed by atoms with van der Waals surface area (Å²) in [6, 6.07) is 15.0. The zero-order chi connectivity index (χ0) is 19.7. The minimum atomic E-state index is -0.317. The number of thioether (sulfide) groups is 1. The van der Waals surface area contributed by atoms with E-state index in [0.717, 1.165) is 22.8 Å². The molecule has 2 fully saturated rings. The van der Waals surface area contributed by atoms with E-state index in [1.165, 1.54) is 0 Å². The minimum absolute atomic E-state index is 0.0157. The number of hydrogen-bond acceptors (Lipinski definition) is 4. The summed E-state index contributed by atoms with van der Waals surface area (Å²) < 4.78 is 5.22. The van der Waals surface area contributed by atoms with Gasteiger partial charge in [-0.3, -0.25) is 9.59 Å². The lowest BCUT2D eigenvalue weighted by Crippen LogP contribution is -2.37. The van der Waals surface area contributed by atoms with E-state index in [-0.39, 0.29) is 29.5 Å². The van der Waals surface area contributed by atoms with E-state index in [9.17, 15) is 9.59 Å². The van der Waals surface area contributed by atoms with Crippen LogP contribution in [0.25, 0.3) is 0 Å². The van der Waals surface area contributed by atoms with Gasteiger partial charge in [-0.15, -0.1) is 11.8 Å². The predicted molar refractivity (Wildman–Crippen MR) is 112 cm³/mol. The maximum absolute atomic E-state index is 13.2. The number of halogens is 1. The number of rotatable bonds is 4. The Hall–Kier alpha value is -2.18. The van der Waals surface area contributed by atoms with Gasteiger partial charge >= 0.3 is 0 Å². The van der Waals surface area contributed by atoms with Crippen molar-refractivity contribution in [2.24, 2.45) is 5.92 Å². The Morgan fingerprint density at radius 1 is 1.14 bits per heavy atom. The number of hydrogen-bond donors (Lipinski definition) is 0. The molecular weight excluding hydrogens is 396 g/mol. The molecule has 2 unspecified atom stereocenters. The van der Waals surface area contributed by atoms with Crippen molar-refractivity contribution in [3.8, 4) is 5.75 Å². The molecular formula is C21H21ClN2O3S. The smallest absolute Gasteiger partial charge is 0.229 e. The van der Waals surface area contributed by atoms with E-state index in [2.05, 4.69) is 0 Å². The maximum atomic E-state index is 13.2. The normalized spacial score (nSPS) is 22.0. The average molecular weight is 417 g/mol. The van der Waals surface area contributed by atoms with E-state index in [1.54, 1.807) is 35.9 Å². The summed E-state index contributed by atoms with van der Waals surface area (Å²) in [7, 11) is 1.64. The fourth-order valence-electron chi connectivity index (χ4n) is 3.72. The lowest BCUT2D eigenvalue weighted by Gasteiger charge is -2.27. The molecule has 28 heavy (non-hydrogen) atoms. The first-order chi connectivity index (χ1) is 13.6. The second-order valence-corrected chi connectivity index (χ2v) is 8.53. The van der Waals surface area contributed by atoms with Crippen LogP contribution in [0, 0.1) is 5.92 Å². The first kappa shape index (κ1) is 19.2. The van der Waals surface area contributed by atoms with Gasteiger partial charge in [-0.25, -0.2) is 0 Å². The molecule has 2 aromatic carbocycles. The average Bonchev–Trinajstić information content (AvgIpc) is 3.35. The Bertz CT molecular complexity index is 872. The monoisotopic (exact) mass is 416 g/mol. The molecule has 0 spiro atoms. The van der Waals surface area contributed by atoms with Gasteiger partial charge in [0.1, 0.15) is 11.1 Å². The van der Waals surface area contributed by atoms with Crippen LogP contribution >= 0.6 is 23.4 Å². The minimum Gasteiger partial charge on any atom is -0.497 e. The Balaban J connectivity index is 1.48. The number of amides is 2. The first-order valence-corrected chi connectivity index (χ1v) is 10.6. The van der Waals surface area contributed by atoms with Crippen LogP contribution in [-0.4, -0.2) is 42.7 Å². The molecule has 0 aromatic heterocycles. The van der Waals surface area contributed by atoms with Crippen LogP contribution in [0.2, 0.25) is 5.02 Å². The van der Waals surface area contributed by atoms with Crippen molar-refractivity contribution in [1.29, 1.82) is 0 Å². The van der Waals surface area contributed by atoms with Crippen LogP contribution in [0.5, 0.6) is 5.75 Å². The van der Waals surface area contributed by atoms with Gasteiger partial charge in [0.25, 0.3) is 0 Å². The van der Waals surface area contributed by atoms with E-state index in [1.807, 2.05) is 41.3 Å². The van der Waals surface area contributed by atoms with Gasteiger partial charge in [0, 0.05) is 36.0 Å². The third-order valence-electron chi connectivity index (χ3n) is 5.19. The van der Waals surface area contributed by atoms with Crippen LogP contribution < -0.4 is 9.64 Å². The van der Waals surface area contributed by atoms with Crippen LogP contribution in [0.1, 0.15) is 17.4 Å². The first-order valence-electron chi connectivity index (χ1n) is 9.19. The summed E-state index contributed by atoms with van der Waals surface area (Å²) in [5.74, 6) is 1.40. The Morgan fingerprint density at radius 3 is 2.54 bits per heavy atom. The van der Waals surface area contributed by atoms with Gasteiger partial charge in [0.15, 0.2) is 0 Å². The van der Waals surface area contributed by atoms with Crippen LogP contribution in [0.15, 0.2) is 48.5 Å². The topological polar surface area (TPSA) is 49.9 Å². The van der Waals surface area contributed by atoms with Crippen molar-refractivity contribution in [2.75, 3.05) is 30.9 Å². The third kappa shape index (κ3) is 3.71. The lowest BCUT2D eigenvalue weighted by molar-refractivity contribution is -0.136. The quantitative estimate of drug-likeness (QED) is 0.756. The molecule has 2 aliphatic heterocycles.